The van der Waals surface area contributed by atoms with E-state index in [1.807, 2.05) is 12.3 Å². The van der Waals surface area contributed by atoms with Crippen molar-refractivity contribution in [1.82, 2.24) is 9.55 Å². The number of rotatable bonds is 3. The maximum atomic E-state index is 6.11. The second-order valence-electron chi connectivity index (χ2n) is 3.33. The predicted molar refractivity (Wildman–Crippen MR) is 69.9 cm³/mol. The first kappa shape index (κ1) is 12.0. The molecule has 1 aromatic carbocycles. The van der Waals surface area contributed by atoms with Crippen LogP contribution >= 0.6 is 23.2 Å². The van der Waals surface area contributed by atoms with Crippen LogP contribution in [-0.2, 0) is 4.74 Å². The molecule has 1 aromatic heterocycles. The molecule has 3 nitrogen and oxygen atoms in total. The lowest BCUT2D eigenvalue weighted by Gasteiger charge is -2.08. The van der Waals surface area contributed by atoms with Crippen LogP contribution < -0.4 is 0 Å². The number of ether oxygens (including phenoxy) is 1. The summed E-state index contributed by atoms with van der Waals surface area (Å²) in [5.41, 5.74) is 0.785. The summed E-state index contributed by atoms with van der Waals surface area (Å²) in [5.74, 6) is 0.643. The molecule has 0 saturated carbocycles. The summed E-state index contributed by atoms with van der Waals surface area (Å²) >= 11 is 12.0. The number of methoxy groups -OCH3 is 1. The molecule has 0 spiro atoms. The predicted octanol–water partition coefficient (Wildman–Crippen LogP) is 3.79. The molecule has 2 aromatic rings. The van der Waals surface area contributed by atoms with Crippen molar-refractivity contribution >= 4 is 35.2 Å². The smallest absolute Gasteiger partial charge is 0.144 e. The van der Waals surface area contributed by atoms with Gasteiger partial charge in [-0.15, -0.1) is 0 Å². The highest BCUT2D eigenvalue weighted by molar-refractivity contribution is 6.35. The molecule has 0 unspecified atom stereocenters. The maximum Gasteiger partial charge on any atom is 0.144 e. The van der Waals surface area contributed by atoms with Crippen LogP contribution in [-0.4, -0.2) is 16.7 Å². The zero-order valence-electron chi connectivity index (χ0n) is 9.10. The Morgan fingerprint density at radius 2 is 2.24 bits per heavy atom. The molecule has 17 heavy (non-hydrogen) atoms. The second kappa shape index (κ2) is 5.25. The molecule has 5 heteroatoms. The Bertz CT molecular complexity index is 535. The SMILES string of the molecule is COC(=Cn1ccnc1)c1ccc(Cl)cc1Cl. The van der Waals surface area contributed by atoms with Crippen molar-refractivity contribution in [2.75, 3.05) is 7.11 Å². The van der Waals surface area contributed by atoms with Crippen molar-refractivity contribution in [3.63, 3.8) is 0 Å². The summed E-state index contributed by atoms with van der Waals surface area (Å²) in [6, 6.07) is 5.26. The largest absolute Gasteiger partial charge is 0.495 e. The van der Waals surface area contributed by atoms with Crippen LogP contribution in [0.3, 0.4) is 0 Å². The third-order valence-electron chi connectivity index (χ3n) is 2.21. The lowest BCUT2D eigenvalue weighted by Crippen LogP contribution is -1.92. The molecule has 0 fully saturated rings. The fourth-order valence-electron chi connectivity index (χ4n) is 1.40. The van der Waals surface area contributed by atoms with Gasteiger partial charge in [-0.2, -0.15) is 0 Å². The fourth-order valence-corrected chi connectivity index (χ4v) is 1.90. The zero-order valence-corrected chi connectivity index (χ0v) is 10.6. The van der Waals surface area contributed by atoms with E-state index in [0.29, 0.717) is 15.8 Å². The number of benzene rings is 1. The van der Waals surface area contributed by atoms with E-state index in [2.05, 4.69) is 4.98 Å². The van der Waals surface area contributed by atoms with E-state index in [1.54, 1.807) is 42.5 Å². The summed E-state index contributed by atoms with van der Waals surface area (Å²) in [6.45, 7) is 0. The highest BCUT2D eigenvalue weighted by atomic mass is 35.5. The first-order chi connectivity index (χ1) is 8.20. The van der Waals surface area contributed by atoms with E-state index >= 15 is 0 Å². The molecule has 0 aliphatic carbocycles. The van der Waals surface area contributed by atoms with Gasteiger partial charge in [0.1, 0.15) is 5.76 Å². The van der Waals surface area contributed by atoms with Crippen LogP contribution in [0, 0.1) is 0 Å². The van der Waals surface area contributed by atoms with E-state index < -0.39 is 0 Å². The van der Waals surface area contributed by atoms with E-state index in [4.69, 9.17) is 27.9 Å². The van der Waals surface area contributed by atoms with Crippen molar-refractivity contribution < 1.29 is 4.74 Å². The minimum Gasteiger partial charge on any atom is -0.495 e. The number of hydrogen-bond donors (Lipinski definition) is 0. The van der Waals surface area contributed by atoms with Crippen molar-refractivity contribution in [3.05, 3.63) is 52.5 Å². The highest BCUT2D eigenvalue weighted by Gasteiger charge is 2.07. The van der Waals surface area contributed by atoms with Gasteiger partial charge >= 0.3 is 0 Å². The maximum absolute atomic E-state index is 6.11. The van der Waals surface area contributed by atoms with Gasteiger partial charge in [0.25, 0.3) is 0 Å². The Kier molecular flexibility index (Phi) is 3.71. The first-order valence-corrected chi connectivity index (χ1v) is 5.65. The van der Waals surface area contributed by atoms with Crippen LogP contribution in [0.15, 0.2) is 36.9 Å². The summed E-state index contributed by atoms with van der Waals surface area (Å²) in [6.07, 6.45) is 6.96. The molecule has 0 aliphatic heterocycles. The first-order valence-electron chi connectivity index (χ1n) is 4.89. The average molecular weight is 269 g/mol. The topological polar surface area (TPSA) is 27.1 Å². The van der Waals surface area contributed by atoms with E-state index in [1.165, 1.54) is 0 Å². The Balaban J connectivity index is 2.42. The quantitative estimate of drug-likeness (QED) is 0.792. The molecule has 0 radical (unpaired) electrons. The van der Waals surface area contributed by atoms with Gasteiger partial charge in [0.15, 0.2) is 0 Å². The van der Waals surface area contributed by atoms with Gasteiger partial charge in [0, 0.05) is 23.0 Å². The number of halogens is 2. The van der Waals surface area contributed by atoms with Crippen molar-refractivity contribution in [2.24, 2.45) is 0 Å². The number of imidazole rings is 1. The lowest BCUT2D eigenvalue weighted by atomic mass is 10.2. The number of aromatic nitrogens is 2. The van der Waals surface area contributed by atoms with E-state index in [-0.39, 0.29) is 0 Å². The third kappa shape index (κ3) is 2.81. The zero-order chi connectivity index (χ0) is 12.3. The molecule has 0 atom stereocenters. The normalized spacial score (nSPS) is 11.6. The molecule has 0 amide bonds. The van der Waals surface area contributed by atoms with Crippen LogP contribution in [0.25, 0.3) is 12.0 Å². The summed E-state index contributed by atoms with van der Waals surface area (Å²) in [5, 5.41) is 1.14. The van der Waals surface area contributed by atoms with Crippen LogP contribution in [0.5, 0.6) is 0 Å². The number of hydrogen-bond acceptors (Lipinski definition) is 2. The van der Waals surface area contributed by atoms with E-state index in [0.717, 1.165) is 5.56 Å². The fraction of sp³-hybridized carbons (Fsp3) is 0.0833. The van der Waals surface area contributed by atoms with Crippen LogP contribution in [0.1, 0.15) is 5.56 Å². The molecule has 0 aliphatic rings. The lowest BCUT2D eigenvalue weighted by molar-refractivity contribution is 0.371. The minimum absolute atomic E-state index is 0.547. The van der Waals surface area contributed by atoms with Crippen molar-refractivity contribution in [1.29, 1.82) is 0 Å². The van der Waals surface area contributed by atoms with Crippen molar-refractivity contribution in [2.45, 2.75) is 0 Å². The van der Waals surface area contributed by atoms with Gasteiger partial charge in [0.2, 0.25) is 0 Å². The highest BCUT2D eigenvalue weighted by Crippen LogP contribution is 2.27. The Morgan fingerprint density at radius 3 is 2.82 bits per heavy atom. The molecular formula is C12H10Cl2N2O. The molecule has 2 rings (SSSR count). The second-order valence-corrected chi connectivity index (χ2v) is 4.18. The van der Waals surface area contributed by atoms with Gasteiger partial charge in [0.05, 0.1) is 24.7 Å². The molecule has 1 heterocycles. The Hall–Kier alpha value is -1.45. The Morgan fingerprint density at radius 1 is 1.41 bits per heavy atom. The molecular weight excluding hydrogens is 259 g/mol. The van der Waals surface area contributed by atoms with Crippen LogP contribution in [0.4, 0.5) is 0 Å². The monoisotopic (exact) mass is 268 g/mol. The van der Waals surface area contributed by atoms with Crippen LogP contribution in [0.2, 0.25) is 10.0 Å². The van der Waals surface area contributed by atoms with E-state index in [9.17, 15) is 0 Å². The standard InChI is InChI=1S/C12H10Cl2N2O/c1-17-12(7-16-5-4-15-8-16)10-3-2-9(13)6-11(10)14/h2-8H,1H3. The summed E-state index contributed by atoms with van der Waals surface area (Å²) < 4.78 is 7.10. The van der Waals surface area contributed by atoms with Gasteiger partial charge in [-0.3, -0.25) is 0 Å². The average Bonchev–Trinajstić information content (AvgIpc) is 2.79. The minimum atomic E-state index is 0.547. The Labute approximate surface area is 109 Å². The molecule has 0 N–H and O–H groups in total. The summed E-state index contributed by atoms with van der Waals surface area (Å²) in [4.78, 5) is 3.95. The molecule has 0 bridgehead atoms. The number of nitrogens with zero attached hydrogens (tertiary/aromatic N) is 2. The summed E-state index contributed by atoms with van der Waals surface area (Å²) in [7, 11) is 1.59. The van der Waals surface area contributed by atoms with Gasteiger partial charge in [-0.1, -0.05) is 23.2 Å². The van der Waals surface area contributed by atoms with Gasteiger partial charge < -0.3 is 9.30 Å². The van der Waals surface area contributed by atoms with Crippen molar-refractivity contribution in [3.8, 4) is 0 Å². The molecule has 0 saturated heterocycles. The molecule has 88 valence electrons. The van der Waals surface area contributed by atoms with Gasteiger partial charge in [-0.25, -0.2) is 4.98 Å². The third-order valence-corrected chi connectivity index (χ3v) is 2.76. The van der Waals surface area contributed by atoms with Gasteiger partial charge in [-0.05, 0) is 18.2 Å².